The van der Waals surface area contributed by atoms with Crippen LogP contribution in [0.15, 0.2) is 24.3 Å². The average molecular weight is 339 g/mol. The highest BCUT2D eigenvalue weighted by Gasteiger charge is 2.16. The van der Waals surface area contributed by atoms with Crippen LogP contribution in [0.4, 0.5) is 0 Å². The Morgan fingerprint density at radius 2 is 1.79 bits per heavy atom. The monoisotopic (exact) mass is 339 g/mol. The fourth-order valence-electron chi connectivity index (χ4n) is 1.99. The van der Waals surface area contributed by atoms with Gasteiger partial charge in [-0.1, -0.05) is 12.1 Å². The molecule has 0 unspecified atom stereocenters. The number of carbonyl (C=O) groups excluding carboxylic acids is 2. The minimum Gasteiger partial charge on any atom is -0.493 e. The van der Waals surface area contributed by atoms with E-state index in [0.29, 0.717) is 31.3 Å². The van der Waals surface area contributed by atoms with Crippen molar-refractivity contribution in [3.8, 4) is 11.5 Å². The molecule has 1 aromatic rings. The van der Waals surface area contributed by atoms with Crippen LogP contribution in [0.25, 0.3) is 0 Å². The van der Waals surface area contributed by atoms with E-state index in [4.69, 9.17) is 18.9 Å². The molecule has 1 aromatic carbocycles. The highest BCUT2D eigenvalue weighted by Crippen LogP contribution is 2.25. The maximum absolute atomic E-state index is 12.3. The third-order valence-electron chi connectivity index (χ3n) is 3.23. The van der Waals surface area contributed by atoms with E-state index in [1.807, 2.05) is 6.07 Å². The normalized spacial score (nSPS) is 10.1. The Kier molecular flexibility index (Phi) is 9.29. The molecule has 134 valence electrons. The molecule has 0 saturated heterocycles. The first-order valence-corrected chi connectivity index (χ1v) is 7.80. The second-order valence-electron chi connectivity index (χ2n) is 4.87. The molecule has 0 bridgehead atoms. The predicted molar refractivity (Wildman–Crippen MR) is 88.2 cm³/mol. The minimum atomic E-state index is -0.335. The molecular weight excluding hydrogens is 314 g/mol. The average Bonchev–Trinajstić information content (AvgIpc) is 2.60. The molecule has 0 aliphatic heterocycles. The fraction of sp³-hybridized carbons (Fsp3) is 0.529. The van der Waals surface area contributed by atoms with Gasteiger partial charge in [0.2, 0.25) is 0 Å². The van der Waals surface area contributed by atoms with Crippen LogP contribution in [0.1, 0.15) is 13.3 Å². The maximum atomic E-state index is 12.3. The molecule has 24 heavy (non-hydrogen) atoms. The lowest BCUT2D eigenvalue weighted by atomic mass is 10.3. The molecule has 0 spiro atoms. The first kappa shape index (κ1) is 19.8. The van der Waals surface area contributed by atoms with Crippen LogP contribution < -0.4 is 9.47 Å². The van der Waals surface area contributed by atoms with Crippen molar-refractivity contribution in [2.75, 3.05) is 47.1 Å². The highest BCUT2D eigenvalue weighted by atomic mass is 16.5. The number of para-hydroxylation sites is 2. The zero-order chi connectivity index (χ0) is 17.8. The summed E-state index contributed by atoms with van der Waals surface area (Å²) in [6.07, 6.45) is 0.137. The summed E-state index contributed by atoms with van der Waals surface area (Å²) in [6, 6.07) is 7.09. The van der Waals surface area contributed by atoms with E-state index in [1.54, 1.807) is 32.2 Å². The zero-order valence-electron chi connectivity index (χ0n) is 14.4. The van der Waals surface area contributed by atoms with Gasteiger partial charge in [0.1, 0.15) is 0 Å². The number of amides is 1. The van der Waals surface area contributed by atoms with Crippen LogP contribution in [0.5, 0.6) is 11.5 Å². The summed E-state index contributed by atoms with van der Waals surface area (Å²) in [5.41, 5.74) is 0. The lowest BCUT2D eigenvalue weighted by Crippen LogP contribution is -2.38. The van der Waals surface area contributed by atoms with Crippen molar-refractivity contribution < 1.29 is 28.5 Å². The standard InChI is InChI=1S/C17H25NO6/c1-4-23-17(20)9-10-18(11-12-21-2)16(19)13-24-15-8-6-5-7-14(15)22-3/h5-8H,4,9-13H2,1-3H3. The molecule has 0 radical (unpaired) electrons. The van der Waals surface area contributed by atoms with E-state index in [2.05, 4.69) is 0 Å². The molecule has 1 amide bonds. The summed E-state index contributed by atoms with van der Waals surface area (Å²) in [7, 11) is 3.09. The number of nitrogens with zero attached hydrogens (tertiary/aromatic N) is 1. The lowest BCUT2D eigenvalue weighted by molar-refractivity contribution is -0.144. The summed E-state index contributed by atoms with van der Waals surface area (Å²) in [6.45, 7) is 2.94. The zero-order valence-corrected chi connectivity index (χ0v) is 14.4. The van der Waals surface area contributed by atoms with Gasteiger partial charge in [0.25, 0.3) is 5.91 Å². The van der Waals surface area contributed by atoms with Gasteiger partial charge in [-0.05, 0) is 19.1 Å². The molecular formula is C17H25NO6. The van der Waals surface area contributed by atoms with E-state index in [1.165, 1.54) is 12.0 Å². The Labute approximate surface area is 142 Å². The van der Waals surface area contributed by atoms with Crippen molar-refractivity contribution in [3.05, 3.63) is 24.3 Å². The first-order chi connectivity index (χ1) is 11.6. The number of rotatable bonds is 11. The molecule has 7 nitrogen and oxygen atoms in total. The number of hydrogen-bond donors (Lipinski definition) is 0. The molecule has 0 N–H and O–H groups in total. The van der Waals surface area contributed by atoms with Gasteiger partial charge in [-0.2, -0.15) is 0 Å². The van der Waals surface area contributed by atoms with Crippen LogP contribution in [0, 0.1) is 0 Å². The van der Waals surface area contributed by atoms with Gasteiger partial charge in [0.05, 0.1) is 26.7 Å². The molecule has 0 atom stereocenters. The van der Waals surface area contributed by atoms with Crippen LogP contribution in [-0.2, 0) is 19.1 Å². The Balaban J connectivity index is 2.58. The van der Waals surface area contributed by atoms with Gasteiger partial charge in [-0.3, -0.25) is 9.59 Å². The van der Waals surface area contributed by atoms with E-state index in [0.717, 1.165) is 0 Å². The molecule has 0 saturated carbocycles. The number of hydrogen-bond acceptors (Lipinski definition) is 6. The second-order valence-corrected chi connectivity index (χ2v) is 4.87. The van der Waals surface area contributed by atoms with Gasteiger partial charge in [0.15, 0.2) is 18.1 Å². The Morgan fingerprint density at radius 1 is 1.08 bits per heavy atom. The number of ether oxygens (including phenoxy) is 4. The second kappa shape index (κ2) is 11.3. The first-order valence-electron chi connectivity index (χ1n) is 7.80. The van der Waals surface area contributed by atoms with Crippen LogP contribution in [0.2, 0.25) is 0 Å². The topological polar surface area (TPSA) is 74.3 Å². The van der Waals surface area contributed by atoms with Gasteiger partial charge in [-0.15, -0.1) is 0 Å². The molecule has 0 fully saturated rings. The highest BCUT2D eigenvalue weighted by molar-refractivity contribution is 5.78. The quantitative estimate of drug-likeness (QED) is 0.569. The van der Waals surface area contributed by atoms with Gasteiger partial charge >= 0.3 is 5.97 Å². The smallest absolute Gasteiger partial charge is 0.307 e. The Morgan fingerprint density at radius 3 is 2.42 bits per heavy atom. The van der Waals surface area contributed by atoms with E-state index in [9.17, 15) is 9.59 Å². The van der Waals surface area contributed by atoms with Crippen molar-refractivity contribution >= 4 is 11.9 Å². The lowest BCUT2D eigenvalue weighted by Gasteiger charge is -2.22. The van der Waals surface area contributed by atoms with Gasteiger partial charge < -0.3 is 23.8 Å². The molecule has 0 aromatic heterocycles. The SMILES string of the molecule is CCOC(=O)CCN(CCOC)C(=O)COc1ccccc1OC. The van der Waals surface area contributed by atoms with E-state index < -0.39 is 0 Å². The van der Waals surface area contributed by atoms with Crippen molar-refractivity contribution in [2.24, 2.45) is 0 Å². The summed E-state index contributed by atoms with van der Waals surface area (Å²) in [5.74, 6) is 0.478. The Hall–Kier alpha value is -2.28. The minimum absolute atomic E-state index is 0.137. The van der Waals surface area contributed by atoms with Crippen molar-refractivity contribution in [2.45, 2.75) is 13.3 Å². The van der Waals surface area contributed by atoms with Crippen molar-refractivity contribution in [3.63, 3.8) is 0 Å². The van der Waals surface area contributed by atoms with E-state index >= 15 is 0 Å². The van der Waals surface area contributed by atoms with Gasteiger partial charge in [0, 0.05) is 20.2 Å². The predicted octanol–water partition coefficient (Wildman–Crippen LogP) is 1.50. The molecule has 0 aliphatic carbocycles. The number of esters is 1. The Bertz CT molecular complexity index is 520. The van der Waals surface area contributed by atoms with Crippen LogP contribution in [0.3, 0.4) is 0 Å². The molecule has 0 aliphatic rings. The molecule has 0 heterocycles. The number of methoxy groups -OCH3 is 2. The summed E-state index contributed by atoms with van der Waals surface area (Å²) < 4.78 is 20.6. The largest absolute Gasteiger partial charge is 0.493 e. The van der Waals surface area contributed by atoms with Crippen molar-refractivity contribution in [1.29, 1.82) is 0 Å². The van der Waals surface area contributed by atoms with E-state index in [-0.39, 0.29) is 31.4 Å². The van der Waals surface area contributed by atoms with Gasteiger partial charge in [-0.25, -0.2) is 0 Å². The third kappa shape index (κ3) is 6.87. The summed E-state index contributed by atoms with van der Waals surface area (Å²) in [5, 5.41) is 0. The third-order valence-corrected chi connectivity index (χ3v) is 3.23. The van der Waals surface area contributed by atoms with Crippen LogP contribution >= 0.6 is 0 Å². The van der Waals surface area contributed by atoms with Crippen LogP contribution in [-0.4, -0.2) is 63.9 Å². The summed E-state index contributed by atoms with van der Waals surface area (Å²) >= 11 is 0. The molecule has 7 heteroatoms. The number of carbonyl (C=O) groups is 2. The maximum Gasteiger partial charge on any atom is 0.307 e. The fourth-order valence-corrected chi connectivity index (χ4v) is 1.99. The number of benzene rings is 1. The summed E-state index contributed by atoms with van der Waals surface area (Å²) in [4.78, 5) is 25.3. The van der Waals surface area contributed by atoms with Crippen molar-refractivity contribution in [1.82, 2.24) is 4.90 Å². The molecule has 1 rings (SSSR count).